The predicted octanol–water partition coefficient (Wildman–Crippen LogP) is 3.72. The van der Waals surface area contributed by atoms with E-state index in [2.05, 4.69) is 12.1 Å². The number of hydrogen-bond donors (Lipinski definition) is 1. The fraction of sp³-hybridized carbons (Fsp3) is 0.200. The van der Waals surface area contributed by atoms with E-state index in [4.69, 9.17) is 4.74 Å². The molecule has 0 aromatic heterocycles. The Bertz CT molecular complexity index is 758. The van der Waals surface area contributed by atoms with Crippen LogP contribution in [0.15, 0.2) is 72.8 Å². The fourth-order valence-corrected chi connectivity index (χ4v) is 2.61. The van der Waals surface area contributed by atoms with E-state index in [1.807, 2.05) is 72.6 Å². The average molecular weight is 307 g/mol. The molecule has 0 spiro atoms. The van der Waals surface area contributed by atoms with Crippen LogP contribution in [-0.2, 0) is 0 Å². The lowest BCUT2D eigenvalue weighted by Gasteiger charge is -2.22. The summed E-state index contributed by atoms with van der Waals surface area (Å²) >= 11 is 0. The van der Waals surface area contributed by atoms with Gasteiger partial charge in [0.2, 0.25) is 0 Å². The van der Waals surface area contributed by atoms with Crippen LogP contribution < -0.4 is 9.64 Å². The van der Waals surface area contributed by atoms with Crippen LogP contribution in [0.2, 0.25) is 0 Å². The number of aliphatic hydroxyl groups excluding tert-OH is 1. The summed E-state index contributed by atoms with van der Waals surface area (Å²) in [5, 5.41) is 12.5. The van der Waals surface area contributed by atoms with Crippen LogP contribution in [0.3, 0.4) is 0 Å². The summed E-state index contributed by atoms with van der Waals surface area (Å²) < 4.78 is 5.74. The standard InChI is InChI=1S/C20H21NO2/c1-21(18-9-3-2-4-10-18)14-19(22)15-23-20-12-11-16-7-5-6-8-17(16)13-20/h2-13,19,22H,14-15H2,1H3. The monoisotopic (exact) mass is 307 g/mol. The Hall–Kier alpha value is -2.52. The zero-order chi connectivity index (χ0) is 16.1. The van der Waals surface area contributed by atoms with Gasteiger partial charge in [0.15, 0.2) is 0 Å². The lowest BCUT2D eigenvalue weighted by Crippen LogP contribution is -2.33. The summed E-state index contributed by atoms with van der Waals surface area (Å²) in [7, 11) is 1.97. The first-order chi connectivity index (χ1) is 11.2. The zero-order valence-electron chi connectivity index (χ0n) is 13.2. The van der Waals surface area contributed by atoms with Crippen LogP contribution in [0.4, 0.5) is 5.69 Å². The second-order valence-electron chi connectivity index (χ2n) is 5.69. The number of ether oxygens (including phenoxy) is 1. The number of para-hydroxylation sites is 1. The first kappa shape index (κ1) is 15.4. The number of rotatable bonds is 6. The van der Waals surface area contributed by atoms with E-state index < -0.39 is 6.10 Å². The van der Waals surface area contributed by atoms with Crippen LogP contribution in [0.25, 0.3) is 10.8 Å². The van der Waals surface area contributed by atoms with E-state index in [1.54, 1.807) is 0 Å². The summed E-state index contributed by atoms with van der Waals surface area (Å²) in [4.78, 5) is 2.02. The molecule has 3 rings (SSSR count). The normalized spacial score (nSPS) is 12.1. The molecule has 3 aromatic carbocycles. The minimum atomic E-state index is -0.549. The van der Waals surface area contributed by atoms with E-state index in [1.165, 1.54) is 5.39 Å². The zero-order valence-corrected chi connectivity index (χ0v) is 13.2. The Morgan fingerprint density at radius 3 is 2.39 bits per heavy atom. The smallest absolute Gasteiger partial charge is 0.120 e. The van der Waals surface area contributed by atoms with Gasteiger partial charge in [-0.15, -0.1) is 0 Å². The van der Waals surface area contributed by atoms with Gasteiger partial charge in [0.05, 0.1) is 0 Å². The van der Waals surface area contributed by atoms with Crippen LogP contribution in [0.1, 0.15) is 0 Å². The molecule has 3 nitrogen and oxygen atoms in total. The quantitative estimate of drug-likeness (QED) is 0.753. The second-order valence-corrected chi connectivity index (χ2v) is 5.69. The number of fused-ring (bicyclic) bond motifs is 1. The SMILES string of the molecule is CN(CC(O)COc1ccc2ccccc2c1)c1ccccc1. The van der Waals surface area contributed by atoms with Crippen molar-refractivity contribution < 1.29 is 9.84 Å². The molecular formula is C20H21NO2. The Kier molecular flexibility index (Phi) is 4.79. The third kappa shape index (κ3) is 4.02. The maximum atomic E-state index is 10.2. The van der Waals surface area contributed by atoms with Crippen molar-refractivity contribution in [3.05, 3.63) is 72.8 Å². The van der Waals surface area contributed by atoms with E-state index >= 15 is 0 Å². The van der Waals surface area contributed by atoms with Crippen molar-refractivity contribution in [1.82, 2.24) is 0 Å². The number of likely N-dealkylation sites (N-methyl/N-ethyl adjacent to an activating group) is 1. The Morgan fingerprint density at radius 2 is 1.61 bits per heavy atom. The Labute approximate surface area is 136 Å². The highest BCUT2D eigenvalue weighted by molar-refractivity contribution is 5.83. The van der Waals surface area contributed by atoms with Crippen molar-refractivity contribution in [2.24, 2.45) is 0 Å². The van der Waals surface area contributed by atoms with Crippen LogP contribution in [0, 0.1) is 0 Å². The van der Waals surface area contributed by atoms with Gasteiger partial charge >= 0.3 is 0 Å². The molecule has 118 valence electrons. The van der Waals surface area contributed by atoms with Crippen molar-refractivity contribution in [2.45, 2.75) is 6.10 Å². The maximum Gasteiger partial charge on any atom is 0.120 e. The molecule has 0 fully saturated rings. The minimum absolute atomic E-state index is 0.273. The van der Waals surface area contributed by atoms with Gasteiger partial charge in [-0.05, 0) is 35.0 Å². The largest absolute Gasteiger partial charge is 0.491 e. The van der Waals surface area contributed by atoms with Gasteiger partial charge in [-0.1, -0.05) is 48.5 Å². The van der Waals surface area contributed by atoms with E-state index in [0.29, 0.717) is 6.54 Å². The minimum Gasteiger partial charge on any atom is -0.491 e. The molecule has 0 saturated carbocycles. The average Bonchev–Trinajstić information content (AvgIpc) is 2.60. The third-order valence-electron chi connectivity index (χ3n) is 3.84. The molecule has 23 heavy (non-hydrogen) atoms. The molecule has 1 unspecified atom stereocenters. The lowest BCUT2D eigenvalue weighted by molar-refractivity contribution is 0.113. The Balaban J connectivity index is 1.56. The van der Waals surface area contributed by atoms with E-state index in [9.17, 15) is 5.11 Å². The van der Waals surface area contributed by atoms with Gasteiger partial charge in [0.1, 0.15) is 18.5 Å². The van der Waals surface area contributed by atoms with Gasteiger partial charge < -0.3 is 14.7 Å². The summed E-state index contributed by atoms with van der Waals surface area (Å²) in [5.74, 6) is 0.783. The van der Waals surface area contributed by atoms with Crippen molar-refractivity contribution >= 4 is 16.5 Å². The van der Waals surface area contributed by atoms with Gasteiger partial charge in [0, 0.05) is 19.3 Å². The maximum absolute atomic E-state index is 10.2. The molecule has 0 aliphatic rings. The molecular weight excluding hydrogens is 286 g/mol. The number of aliphatic hydroxyl groups is 1. The molecule has 0 saturated heterocycles. The molecule has 0 heterocycles. The molecule has 3 aromatic rings. The summed E-state index contributed by atoms with van der Waals surface area (Å²) in [6.07, 6.45) is -0.549. The molecule has 0 amide bonds. The van der Waals surface area contributed by atoms with Crippen LogP contribution >= 0.6 is 0 Å². The van der Waals surface area contributed by atoms with Gasteiger partial charge in [-0.3, -0.25) is 0 Å². The van der Waals surface area contributed by atoms with Gasteiger partial charge in [-0.25, -0.2) is 0 Å². The first-order valence-corrected chi connectivity index (χ1v) is 7.78. The highest BCUT2D eigenvalue weighted by Crippen LogP contribution is 2.20. The molecule has 0 aliphatic heterocycles. The molecule has 3 heteroatoms. The second kappa shape index (κ2) is 7.16. The molecule has 0 bridgehead atoms. The predicted molar refractivity (Wildman–Crippen MR) is 95.2 cm³/mol. The molecule has 0 radical (unpaired) electrons. The third-order valence-corrected chi connectivity index (χ3v) is 3.84. The number of nitrogens with zero attached hydrogens (tertiary/aromatic N) is 1. The molecule has 0 aliphatic carbocycles. The summed E-state index contributed by atoms with van der Waals surface area (Å²) in [6.45, 7) is 0.799. The van der Waals surface area contributed by atoms with Crippen LogP contribution in [-0.4, -0.2) is 31.4 Å². The van der Waals surface area contributed by atoms with Crippen molar-refractivity contribution in [1.29, 1.82) is 0 Å². The highest BCUT2D eigenvalue weighted by atomic mass is 16.5. The van der Waals surface area contributed by atoms with E-state index in [-0.39, 0.29) is 6.61 Å². The van der Waals surface area contributed by atoms with Crippen molar-refractivity contribution in [3.63, 3.8) is 0 Å². The molecule has 1 N–H and O–H groups in total. The number of hydrogen-bond acceptors (Lipinski definition) is 3. The van der Waals surface area contributed by atoms with Gasteiger partial charge in [0.25, 0.3) is 0 Å². The Morgan fingerprint density at radius 1 is 0.913 bits per heavy atom. The number of benzene rings is 3. The fourth-order valence-electron chi connectivity index (χ4n) is 2.61. The van der Waals surface area contributed by atoms with Crippen molar-refractivity contribution in [3.8, 4) is 5.75 Å². The number of anilines is 1. The first-order valence-electron chi connectivity index (χ1n) is 7.78. The summed E-state index contributed by atoms with van der Waals surface area (Å²) in [5.41, 5.74) is 1.08. The highest BCUT2D eigenvalue weighted by Gasteiger charge is 2.10. The molecule has 1 atom stereocenters. The lowest BCUT2D eigenvalue weighted by atomic mass is 10.1. The van der Waals surface area contributed by atoms with E-state index in [0.717, 1.165) is 16.8 Å². The van der Waals surface area contributed by atoms with Crippen LogP contribution in [0.5, 0.6) is 5.75 Å². The van der Waals surface area contributed by atoms with Gasteiger partial charge in [-0.2, -0.15) is 0 Å². The topological polar surface area (TPSA) is 32.7 Å². The van der Waals surface area contributed by atoms with Crippen molar-refractivity contribution in [2.75, 3.05) is 25.1 Å². The summed E-state index contributed by atoms with van der Waals surface area (Å²) in [6, 6.07) is 24.1.